The summed E-state index contributed by atoms with van der Waals surface area (Å²) in [7, 11) is 0. The van der Waals surface area contributed by atoms with Crippen LogP contribution in [0.1, 0.15) is 25.2 Å². The van der Waals surface area contributed by atoms with E-state index in [2.05, 4.69) is 0 Å². The van der Waals surface area contributed by atoms with Crippen LogP contribution in [-0.2, 0) is 6.54 Å². The number of benzene rings is 1. The molecule has 0 radical (unpaired) electrons. The molecule has 0 spiro atoms. The molecule has 6 heteroatoms. The molecule has 1 aromatic heterocycles. The van der Waals surface area contributed by atoms with Gasteiger partial charge in [-0.2, -0.15) is 4.74 Å². The molecule has 0 amide bonds. The third-order valence-corrected chi connectivity index (χ3v) is 5.37. The first kappa shape index (κ1) is 16.1. The van der Waals surface area contributed by atoms with Crippen LogP contribution < -0.4 is 0 Å². The Hall–Kier alpha value is -1.79. The van der Waals surface area contributed by atoms with E-state index >= 15 is 0 Å². The van der Waals surface area contributed by atoms with Crippen molar-refractivity contribution in [2.24, 2.45) is 0 Å². The van der Waals surface area contributed by atoms with Gasteiger partial charge < -0.3 is 9.62 Å². The van der Waals surface area contributed by atoms with Gasteiger partial charge in [-0.25, -0.2) is 0 Å². The molecule has 3 rings (SSSR count). The Morgan fingerprint density at radius 1 is 1.30 bits per heavy atom. The van der Waals surface area contributed by atoms with Crippen LogP contribution in [0.2, 0.25) is 0 Å². The zero-order valence-corrected chi connectivity index (χ0v) is 14.6. The van der Waals surface area contributed by atoms with E-state index in [1.807, 2.05) is 49.1 Å². The van der Waals surface area contributed by atoms with E-state index in [0.717, 1.165) is 14.6 Å². The van der Waals surface area contributed by atoms with Crippen molar-refractivity contribution in [3.63, 3.8) is 0 Å². The largest absolute Gasteiger partial charge is 0.622 e. The highest BCUT2D eigenvalue weighted by atomic mass is 32.2. The highest BCUT2D eigenvalue weighted by Crippen LogP contribution is 2.42. The number of furan rings is 1. The van der Waals surface area contributed by atoms with Gasteiger partial charge in [0.2, 0.25) is 6.21 Å². The van der Waals surface area contributed by atoms with E-state index in [1.54, 1.807) is 30.2 Å². The Labute approximate surface area is 145 Å². The van der Waals surface area contributed by atoms with E-state index < -0.39 is 0 Å². The fourth-order valence-corrected chi connectivity index (χ4v) is 4.62. The van der Waals surface area contributed by atoms with Gasteiger partial charge in [0.25, 0.3) is 6.17 Å². The van der Waals surface area contributed by atoms with Crippen molar-refractivity contribution in [1.29, 1.82) is 0 Å². The van der Waals surface area contributed by atoms with Gasteiger partial charge in [-0.05, 0) is 31.5 Å². The van der Waals surface area contributed by atoms with Crippen LogP contribution in [0.5, 0.6) is 0 Å². The molecule has 120 valence electrons. The van der Waals surface area contributed by atoms with Crippen LogP contribution in [0.25, 0.3) is 0 Å². The molecule has 1 aliphatic rings. The molecule has 1 fully saturated rings. The fourth-order valence-electron chi connectivity index (χ4n) is 2.75. The van der Waals surface area contributed by atoms with Gasteiger partial charge in [0.15, 0.2) is 5.76 Å². The number of rotatable bonds is 4. The number of thiocarbonyl (C=S) groups is 1. The number of hydrogen-bond donors (Lipinski definition) is 0. The molecule has 0 bridgehead atoms. The van der Waals surface area contributed by atoms with Gasteiger partial charge >= 0.3 is 0 Å². The van der Waals surface area contributed by atoms with E-state index in [-0.39, 0.29) is 10.9 Å². The molecule has 0 N–H and O–H groups in total. The summed E-state index contributed by atoms with van der Waals surface area (Å²) in [5.41, 5.74) is 1.13. The van der Waals surface area contributed by atoms with Crippen molar-refractivity contribution in [3.05, 3.63) is 65.3 Å². The predicted molar refractivity (Wildman–Crippen MR) is 97.5 cm³/mol. The summed E-state index contributed by atoms with van der Waals surface area (Å²) in [4.78, 5) is 1.99. The molecule has 1 aromatic carbocycles. The highest BCUT2D eigenvalue weighted by molar-refractivity contribution is 8.24. The molecule has 1 aliphatic heterocycles. The average molecular weight is 346 g/mol. The Kier molecular flexibility index (Phi) is 4.46. The van der Waals surface area contributed by atoms with Crippen LogP contribution >= 0.6 is 24.0 Å². The third-order valence-electron chi connectivity index (χ3n) is 3.74. The van der Waals surface area contributed by atoms with Gasteiger partial charge in [-0.3, -0.25) is 4.90 Å². The topological polar surface area (TPSA) is 42.5 Å². The van der Waals surface area contributed by atoms with Gasteiger partial charge in [0.05, 0.1) is 12.8 Å². The summed E-state index contributed by atoms with van der Waals surface area (Å²) in [6.07, 6.45) is 2.66. The monoisotopic (exact) mass is 346 g/mol. The second-order valence-corrected chi connectivity index (χ2v) is 8.25. The Morgan fingerprint density at radius 3 is 2.70 bits per heavy atom. The molecule has 1 unspecified atom stereocenters. The molecule has 2 aromatic rings. The van der Waals surface area contributed by atoms with Crippen molar-refractivity contribution in [3.8, 4) is 0 Å². The molecule has 0 aliphatic carbocycles. The van der Waals surface area contributed by atoms with Gasteiger partial charge in [-0.1, -0.05) is 54.3 Å². The number of thioether (sulfide) groups is 1. The lowest BCUT2D eigenvalue weighted by Gasteiger charge is -2.29. The second-order valence-electron chi connectivity index (χ2n) is 5.96. The lowest BCUT2D eigenvalue weighted by Crippen LogP contribution is -2.47. The zero-order chi connectivity index (χ0) is 16.4. The highest BCUT2D eigenvalue weighted by Gasteiger charge is 2.50. The van der Waals surface area contributed by atoms with Crippen LogP contribution in [0.15, 0.2) is 53.1 Å². The van der Waals surface area contributed by atoms with Crippen molar-refractivity contribution >= 4 is 34.5 Å². The van der Waals surface area contributed by atoms with Gasteiger partial charge in [0, 0.05) is 0 Å². The number of hydroxylamine groups is 1. The predicted octanol–water partition coefficient (Wildman–Crippen LogP) is 3.85. The van der Waals surface area contributed by atoms with Crippen LogP contribution in [0, 0.1) is 5.21 Å². The maximum absolute atomic E-state index is 12.8. The first-order chi connectivity index (χ1) is 11.0. The summed E-state index contributed by atoms with van der Waals surface area (Å²) in [5, 5.41) is 12.8. The summed E-state index contributed by atoms with van der Waals surface area (Å²) < 4.78 is 6.65. The standard InChI is InChI=1S/C17H18N2O2S2/c1-17(2)15(19(20)12-14-9-6-10-21-14)18(16(22)23-17)11-13-7-4-3-5-8-13/h3-10,12,15H,11H2,1-2H3. The molecular formula is C17H18N2O2S2. The van der Waals surface area contributed by atoms with Gasteiger partial charge in [0.1, 0.15) is 9.07 Å². The number of hydrogen-bond acceptors (Lipinski definition) is 4. The summed E-state index contributed by atoms with van der Waals surface area (Å²) in [6, 6.07) is 13.6. The molecule has 1 atom stereocenters. The smallest absolute Gasteiger partial charge is 0.254 e. The lowest BCUT2D eigenvalue weighted by atomic mass is 10.1. The van der Waals surface area contributed by atoms with Crippen LogP contribution in [0.3, 0.4) is 0 Å². The maximum atomic E-state index is 12.8. The van der Waals surface area contributed by atoms with Crippen LogP contribution in [0.4, 0.5) is 0 Å². The van der Waals surface area contributed by atoms with E-state index in [9.17, 15) is 5.21 Å². The molecule has 23 heavy (non-hydrogen) atoms. The van der Waals surface area contributed by atoms with Crippen LogP contribution in [-0.4, -0.2) is 31.1 Å². The molecule has 0 saturated carbocycles. The fraction of sp³-hybridized carbons (Fsp3) is 0.294. The minimum absolute atomic E-state index is 0.309. The normalized spacial score (nSPS) is 21.0. The Bertz CT molecular complexity index is 711. The first-order valence-electron chi connectivity index (χ1n) is 7.35. The SMILES string of the molecule is CC1(C)SC(=S)N(Cc2ccccc2)C1[N+]([O-])=Cc1ccco1. The summed E-state index contributed by atoms with van der Waals surface area (Å²) >= 11 is 7.08. The van der Waals surface area contributed by atoms with Crippen molar-refractivity contribution < 1.29 is 9.16 Å². The summed E-state index contributed by atoms with van der Waals surface area (Å²) in [5.74, 6) is 0.540. The Morgan fingerprint density at radius 2 is 2.04 bits per heavy atom. The molecular weight excluding hydrogens is 328 g/mol. The average Bonchev–Trinajstić information content (AvgIpc) is 3.06. The van der Waals surface area contributed by atoms with Gasteiger partial charge in [-0.15, -0.1) is 0 Å². The van der Waals surface area contributed by atoms with Crippen molar-refractivity contribution in [2.45, 2.75) is 31.3 Å². The van der Waals surface area contributed by atoms with E-state index in [4.69, 9.17) is 16.6 Å². The maximum Gasteiger partial charge on any atom is 0.254 e. The Balaban J connectivity index is 1.91. The minimum Gasteiger partial charge on any atom is -0.622 e. The molecule has 4 nitrogen and oxygen atoms in total. The summed E-state index contributed by atoms with van der Waals surface area (Å²) in [6.45, 7) is 4.70. The second kappa shape index (κ2) is 6.37. The zero-order valence-electron chi connectivity index (χ0n) is 13.0. The quantitative estimate of drug-likeness (QED) is 0.277. The first-order valence-corrected chi connectivity index (χ1v) is 8.57. The van der Waals surface area contributed by atoms with Crippen molar-refractivity contribution in [2.75, 3.05) is 0 Å². The molecule has 1 saturated heterocycles. The minimum atomic E-state index is -0.384. The number of nitrogens with zero attached hydrogens (tertiary/aromatic N) is 2. The van der Waals surface area contributed by atoms with Crippen molar-refractivity contribution in [1.82, 2.24) is 4.90 Å². The molecule has 2 heterocycles. The van der Waals surface area contributed by atoms with E-state index in [0.29, 0.717) is 12.3 Å². The third kappa shape index (κ3) is 3.43. The lowest BCUT2D eigenvalue weighted by molar-refractivity contribution is -0.524. The van der Waals surface area contributed by atoms with E-state index in [1.165, 1.54) is 6.21 Å².